The molecule has 1 fully saturated rings. The molecule has 4 heteroatoms. The van der Waals surface area contributed by atoms with E-state index in [1.54, 1.807) is 17.0 Å². The Kier molecular flexibility index (Phi) is 5.78. The Labute approximate surface area is 156 Å². The molecule has 1 aliphatic heterocycles. The average molecular weight is 350 g/mol. The number of hydrogen-bond acceptors (Lipinski definition) is 3. The van der Waals surface area contributed by atoms with E-state index < -0.39 is 5.60 Å². The number of allylic oxidation sites excluding steroid dienone is 1. The van der Waals surface area contributed by atoms with E-state index in [4.69, 9.17) is 10.00 Å². The molecule has 1 aromatic carbocycles. The van der Waals surface area contributed by atoms with Crippen LogP contribution in [0.4, 0.5) is 4.79 Å². The van der Waals surface area contributed by atoms with Crippen molar-refractivity contribution in [3.05, 3.63) is 47.0 Å². The van der Waals surface area contributed by atoms with E-state index in [-0.39, 0.29) is 11.5 Å². The first-order valence-corrected chi connectivity index (χ1v) is 8.80. The van der Waals surface area contributed by atoms with Gasteiger partial charge in [-0.25, -0.2) is 4.79 Å². The molecule has 0 radical (unpaired) electrons. The van der Waals surface area contributed by atoms with E-state index in [1.807, 2.05) is 39.0 Å². The molecule has 1 aromatic rings. The highest BCUT2D eigenvalue weighted by atomic mass is 16.6. The van der Waals surface area contributed by atoms with Gasteiger partial charge >= 0.3 is 6.09 Å². The SMILES string of the molecule is CC(C)(C)OC(=O)N1CC/C(=C\C#Cc2cccc(C#N)c2)C(C)(C)C1. The maximum absolute atomic E-state index is 12.3. The smallest absolute Gasteiger partial charge is 0.410 e. The van der Waals surface area contributed by atoms with Gasteiger partial charge in [0, 0.05) is 24.1 Å². The summed E-state index contributed by atoms with van der Waals surface area (Å²) >= 11 is 0. The van der Waals surface area contributed by atoms with Gasteiger partial charge in [0.15, 0.2) is 0 Å². The van der Waals surface area contributed by atoms with E-state index in [2.05, 4.69) is 31.8 Å². The third kappa shape index (κ3) is 5.39. The lowest BCUT2D eigenvalue weighted by atomic mass is 9.79. The molecule has 26 heavy (non-hydrogen) atoms. The summed E-state index contributed by atoms with van der Waals surface area (Å²) in [6.07, 6.45) is 2.47. The molecule has 0 atom stereocenters. The Bertz CT molecular complexity index is 811. The summed E-state index contributed by atoms with van der Waals surface area (Å²) in [4.78, 5) is 14.1. The lowest BCUT2D eigenvalue weighted by Gasteiger charge is -2.40. The monoisotopic (exact) mass is 350 g/mol. The number of nitrogens with zero attached hydrogens (tertiary/aromatic N) is 2. The predicted molar refractivity (Wildman–Crippen MR) is 102 cm³/mol. The first-order valence-electron chi connectivity index (χ1n) is 8.80. The van der Waals surface area contributed by atoms with Crippen molar-refractivity contribution < 1.29 is 9.53 Å². The Morgan fingerprint density at radius 1 is 1.31 bits per heavy atom. The quantitative estimate of drug-likeness (QED) is 0.647. The summed E-state index contributed by atoms with van der Waals surface area (Å²) < 4.78 is 5.48. The Hall–Kier alpha value is -2.72. The predicted octanol–water partition coefficient (Wildman–Crippen LogP) is 4.50. The van der Waals surface area contributed by atoms with Crippen LogP contribution < -0.4 is 0 Å². The van der Waals surface area contributed by atoms with Crippen molar-refractivity contribution in [3.63, 3.8) is 0 Å². The van der Waals surface area contributed by atoms with Crippen molar-refractivity contribution in [2.45, 2.75) is 46.6 Å². The van der Waals surface area contributed by atoms with Gasteiger partial charge in [-0.2, -0.15) is 5.26 Å². The van der Waals surface area contributed by atoms with Gasteiger partial charge in [-0.3, -0.25) is 0 Å². The number of hydrogen-bond donors (Lipinski definition) is 0. The van der Waals surface area contributed by atoms with Crippen molar-refractivity contribution >= 4 is 6.09 Å². The molecule has 1 aliphatic rings. The second kappa shape index (κ2) is 7.67. The summed E-state index contributed by atoms with van der Waals surface area (Å²) in [5, 5.41) is 8.95. The molecule has 1 saturated heterocycles. The van der Waals surface area contributed by atoms with Gasteiger partial charge in [0.1, 0.15) is 5.60 Å². The molecule has 2 rings (SSSR count). The van der Waals surface area contributed by atoms with Crippen LogP contribution in [0.1, 0.15) is 52.2 Å². The zero-order valence-corrected chi connectivity index (χ0v) is 16.2. The molecule has 0 aliphatic carbocycles. The fraction of sp³-hybridized carbons (Fsp3) is 0.455. The molecule has 0 bridgehead atoms. The highest BCUT2D eigenvalue weighted by molar-refractivity contribution is 5.68. The molecule has 0 aromatic heterocycles. The molecular formula is C22H26N2O2. The number of carbonyl (C=O) groups excluding carboxylic acids is 1. The van der Waals surface area contributed by atoms with Crippen LogP contribution in [0.15, 0.2) is 35.9 Å². The van der Waals surface area contributed by atoms with Crippen LogP contribution in [-0.4, -0.2) is 29.7 Å². The van der Waals surface area contributed by atoms with Crippen LogP contribution in [0.2, 0.25) is 0 Å². The maximum Gasteiger partial charge on any atom is 0.410 e. The normalized spacial score (nSPS) is 17.8. The zero-order valence-electron chi connectivity index (χ0n) is 16.2. The molecule has 0 saturated carbocycles. The Morgan fingerprint density at radius 2 is 2.00 bits per heavy atom. The second-order valence-electron chi connectivity index (χ2n) is 8.17. The van der Waals surface area contributed by atoms with Crippen molar-refractivity contribution in [2.75, 3.05) is 13.1 Å². The van der Waals surface area contributed by atoms with Crippen LogP contribution in [0.3, 0.4) is 0 Å². The minimum Gasteiger partial charge on any atom is -0.444 e. The number of carbonyl (C=O) groups is 1. The number of piperidine rings is 1. The van der Waals surface area contributed by atoms with Gasteiger partial charge in [-0.15, -0.1) is 0 Å². The number of amides is 1. The maximum atomic E-state index is 12.3. The molecule has 0 N–H and O–H groups in total. The number of rotatable bonds is 0. The second-order valence-corrected chi connectivity index (χ2v) is 8.17. The van der Waals surface area contributed by atoms with E-state index in [0.29, 0.717) is 18.7 Å². The van der Waals surface area contributed by atoms with Crippen molar-refractivity contribution in [2.24, 2.45) is 5.41 Å². The van der Waals surface area contributed by atoms with Crippen LogP contribution in [0.25, 0.3) is 0 Å². The fourth-order valence-electron chi connectivity index (χ4n) is 2.87. The summed E-state index contributed by atoms with van der Waals surface area (Å²) in [6.45, 7) is 11.1. The van der Waals surface area contributed by atoms with Gasteiger partial charge in [-0.05, 0) is 51.5 Å². The minimum atomic E-state index is -0.485. The summed E-state index contributed by atoms with van der Waals surface area (Å²) in [7, 11) is 0. The molecule has 4 nitrogen and oxygen atoms in total. The highest BCUT2D eigenvalue weighted by Gasteiger charge is 2.34. The summed E-state index contributed by atoms with van der Waals surface area (Å²) in [5.74, 6) is 6.19. The first-order chi connectivity index (χ1) is 12.1. The van der Waals surface area contributed by atoms with Gasteiger partial charge in [0.25, 0.3) is 0 Å². The number of ether oxygens (including phenoxy) is 1. The number of likely N-dealkylation sites (tertiary alicyclic amines) is 1. The molecular weight excluding hydrogens is 324 g/mol. The van der Waals surface area contributed by atoms with Crippen molar-refractivity contribution in [1.82, 2.24) is 4.90 Å². The summed E-state index contributed by atoms with van der Waals surface area (Å²) in [5.41, 5.74) is 2.01. The Morgan fingerprint density at radius 3 is 2.62 bits per heavy atom. The minimum absolute atomic E-state index is 0.154. The molecule has 1 heterocycles. The highest BCUT2D eigenvalue weighted by Crippen LogP contribution is 2.34. The number of nitriles is 1. The molecule has 0 unspecified atom stereocenters. The average Bonchev–Trinajstić information content (AvgIpc) is 2.54. The van der Waals surface area contributed by atoms with Crippen LogP contribution >= 0.6 is 0 Å². The van der Waals surface area contributed by atoms with Crippen LogP contribution in [0, 0.1) is 28.6 Å². The third-order valence-electron chi connectivity index (χ3n) is 4.21. The fourth-order valence-corrected chi connectivity index (χ4v) is 2.87. The van der Waals surface area contributed by atoms with Gasteiger partial charge in [0.2, 0.25) is 0 Å². The topological polar surface area (TPSA) is 53.3 Å². The third-order valence-corrected chi connectivity index (χ3v) is 4.21. The van der Waals surface area contributed by atoms with E-state index in [9.17, 15) is 4.79 Å². The van der Waals surface area contributed by atoms with Gasteiger partial charge < -0.3 is 9.64 Å². The van der Waals surface area contributed by atoms with Crippen LogP contribution in [-0.2, 0) is 4.74 Å². The number of benzene rings is 1. The molecule has 1 amide bonds. The van der Waals surface area contributed by atoms with Gasteiger partial charge in [-0.1, -0.05) is 37.3 Å². The van der Waals surface area contributed by atoms with Gasteiger partial charge in [0.05, 0.1) is 11.6 Å². The summed E-state index contributed by atoms with van der Waals surface area (Å²) in [6, 6.07) is 9.39. The van der Waals surface area contributed by atoms with Crippen LogP contribution in [0.5, 0.6) is 0 Å². The Balaban J connectivity index is 2.09. The van der Waals surface area contributed by atoms with Crippen molar-refractivity contribution in [3.8, 4) is 17.9 Å². The molecule has 0 spiro atoms. The lowest BCUT2D eigenvalue weighted by molar-refractivity contribution is 0.0157. The lowest BCUT2D eigenvalue weighted by Crippen LogP contribution is -2.46. The standard InChI is InChI=1S/C22H26N2O2/c1-21(2,3)26-20(25)24-13-12-19(22(4,5)16-24)11-7-9-17-8-6-10-18(14-17)15-23/h6,8,10-11,14H,12-13,16H2,1-5H3/b19-11+. The zero-order chi connectivity index (χ0) is 19.4. The van der Waals surface area contributed by atoms with E-state index >= 15 is 0 Å². The van der Waals surface area contributed by atoms with E-state index in [1.165, 1.54) is 5.57 Å². The van der Waals surface area contributed by atoms with Crippen molar-refractivity contribution in [1.29, 1.82) is 5.26 Å². The first kappa shape index (κ1) is 19.6. The largest absolute Gasteiger partial charge is 0.444 e. The molecule has 136 valence electrons. The van der Waals surface area contributed by atoms with E-state index in [0.717, 1.165) is 12.0 Å².